The lowest BCUT2D eigenvalue weighted by atomic mass is 9.96. The van der Waals surface area contributed by atoms with E-state index in [1.807, 2.05) is 0 Å². The topological polar surface area (TPSA) is 75.3 Å². The highest BCUT2D eigenvalue weighted by atomic mass is 32.2. The van der Waals surface area contributed by atoms with Crippen LogP contribution in [0.1, 0.15) is 11.6 Å². The Kier molecular flexibility index (Phi) is 3.93. The Bertz CT molecular complexity index is 560. The second-order valence-electron chi connectivity index (χ2n) is 4.18. The molecule has 0 spiro atoms. The first-order chi connectivity index (χ1) is 8.96. The van der Waals surface area contributed by atoms with E-state index in [0.717, 1.165) is 18.4 Å². The minimum atomic E-state index is -4.58. The molecule has 19 heavy (non-hydrogen) atoms. The van der Waals surface area contributed by atoms with E-state index in [9.17, 15) is 22.0 Å². The summed E-state index contributed by atoms with van der Waals surface area (Å²) < 4.78 is 47.2. The molecule has 0 saturated carbocycles. The van der Waals surface area contributed by atoms with Gasteiger partial charge in [-0.25, -0.2) is 13.8 Å². The van der Waals surface area contributed by atoms with E-state index in [0.29, 0.717) is 12.1 Å². The minimum absolute atomic E-state index is 0.280. The van der Waals surface area contributed by atoms with Gasteiger partial charge in [-0.2, -0.15) is 8.78 Å². The van der Waals surface area contributed by atoms with E-state index in [1.165, 1.54) is 12.1 Å². The molecule has 104 valence electrons. The lowest BCUT2D eigenvalue weighted by molar-refractivity contribution is -0.111. The van der Waals surface area contributed by atoms with Crippen molar-refractivity contribution in [3.05, 3.63) is 29.8 Å². The first-order valence-electron chi connectivity index (χ1n) is 5.52. The van der Waals surface area contributed by atoms with E-state index >= 15 is 0 Å². The number of benzene rings is 1. The van der Waals surface area contributed by atoms with Gasteiger partial charge >= 0.3 is 5.76 Å². The smallest absolute Gasteiger partial charge is 0.303 e. The Balaban J connectivity index is 2.26. The zero-order valence-electron chi connectivity index (χ0n) is 9.71. The SMILES string of the molecule is O=CC1CNNC1c1ccc(S(=O)(=O)C(F)F)cc1. The highest BCUT2D eigenvalue weighted by Gasteiger charge is 2.29. The molecule has 1 aliphatic rings. The quantitative estimate of drug-likeness (QED) is 0.796. The molecule has 5 nitrogen and oxygen atoms in total. The summed E-state index contributed by atoms with van der Waals surface area (Å²) in [5, 5.41) is 0. The van der Waals surface area contributed by atoms with Crippen LogP contribution in [0, 0.1) is 5.92 Å². The summed E-state index contributed by atoms with van der Waals surface area (Å²) in [6.45, 7) is 0.464. The van der Waals surface area contributed by atoms with Crippen LogP contribution in [0.15, 0.2) is 29.2 Å². The maximum atomic E-state index is 12.4. The highest BCUT2D eigenvalue weighted by Crippen LogP contribution is 2.25. The minimum Gasteiger partial charge on any atom is -0.303 e. The van der Waals surface area contributed by atoms with Crippen molar-refractivity contribution in [1.29, 1.82) is 0 Å². The fourth-order valence-corrected chi connectivity index (χ4v) is 2.66. The van der Waals surface area contributed by atoms with E-state index in [1.54, 1.807) is 0 Å². The van der Waals surface area contributed by atoms with Crippen molar-refractivity contribution in [1.82, 2.24) is 10.9 Å². The summed E-state index contributed by atoms with van der Waals surface area (Å²) in [5.74, 6) is -3.72. The van der Waals surface area contributed by atoms with Crippen molar-refractivity contribution in [2.24, 2.45) is 5.92 Å². The molecule has 1 heterocycles. The Morgan fingerprint density at radius 3 is 2.42 bits per heavy atom. The van der Waals surface area contributed by atoms with E-state index in [2.05, 4.69) is 10.9 Å². The third kappa shape index (κ3) is 2.65. The predicted molar refractivity (Wildman–Crippen MR) is 63.1 cm³/mol. The molecule has 0 aliphatic carbocycles. The standard InChI is InChI=1S/C11H12F2N2O3S/c12-11(13)19(17,18)9-3-1-7(2-4-9)10-8(6-16)5-14-15-10/h1-4,6,8,10-11,14-15H,5H2. The van der Waals surface area contributed by atoms with Crippen LogP contribution in [-0.4, -0.2) is 27.0 Å². The van der Waals surface area contributed by atoms with Crippen LogP contribution in [0.25, 0.3) is 0 Å². The summed E-state index contributed by atoms with van der Waals surface area (Å²) >= 11 is 0. The fraction of sp³-hybridized carbons (Fsp3) is 0.364. The zero-order chi connectivity index (χ0) is 14.0. The zero-order valence-corrected chi connectivity index (χ0v) is 10.5. The van der Waals surface area contributed by atoms with Gasteiger partial charge in [0.25, 0.3) is 0 Å². The second kappa shape index (κ2) is 5.32. The van der Waals surface area contributed by atoms with Gasteiger partial charge in [-0.15, -0.1) is 0 Å². The number of halogens is 2. The second-order valence-corrected chi connectivity index (χ2v) is 6.10. The largest absolute Gasteiger partial charge is 0.341 e. The number of hydrazine groups is 1. The molecule has 1 aliphatic heterocycles. The summed E-state index contributed by atoms with van der Waals surface area (Å²) in [6, 6.07) is 4.81. The number of carbonyl (C=O) groups is 1. The molecule has 0 bridgehead atoms. The number of hydrogen-bond donors (Lipinski definition) is 2. The number of hydrogen-bond acceptors (Lipinski definition) is 5. The molecule has 1 fully saturated rings. The predicted octanol–water partition coefficient (Wildman–Crippen LogP) is 0.647. The third-order valence-electron chi connectivity index (χ3n) is 3.00. The number of rotatable bonds is 4. The fourth-order valence-electron chi connectivity index (χ4n) is 1.94. The molecule has 2 N–H and O–H groups in total. The van der Waals surface area contributed by atoms with Crippen molar-refractivity contribution in [3.63, 3.8) is 0 Å². The van der Waals surface area contributed by atoms with Gasteiger partial charge < -0.3 is 4.79 Å². The molecule has 2 unspecified atom stereocenters. The van der Waals surface area contributed by atoms with Crippen LogP contribution < -0.4 is 10.9 Å². The van der Waals surface area contributed by atoms with Gasteiger partial charge in [0.1, 0.15) is 6.29 Å². The summed E-state index contributed by atoms with van der Waals surface area (Å²) in [6.07, 6.45) is 0.793. The lowest BCUT2D eigenvalue weighted by Gasteiger charge is -2.14. The van der Waals surface area contributed by atoms with Crippen LogP contribution in [0.4, 0.5) is 8.78 Å². The van der Waals surface area contributed by atoms with E-state index in [4.69, 9.17) is 0 Å². The highest BCUT2D eigenvalue weighted by molar-refractivity contribution is 7.91. The number of nitrogens with one attached hydrogen (secondary N) is 2. The molecule has 1 saturated heterocycles. The average molecular weight is 290 g/mol. The third-order valence-corrected chi connectivity index (χ3v) is 4.40. The normalized spacial score (nSPS) is 23.7. The summed E-state index contributed by atoms with van der Waals surface area (Å²) in [7, 11) is -4.58. The first-order valence-corrected chi connectivity index (χ1v) is 7.07. The molecular formula is C11H12F2N2O3S. The summed E-state index contributed by atoms with van der Waals surface area (Å²) in [4.78, 5) is 10.4. The Morgan fingerprint density at radius 1 is 1.26 bits per heavy atom. The van der Waals surface area contributed by atoms with Crippen LogP contribution >= 0.6 is 0 Å². The maximum absolute atomic E-state index is 12.4. The lowest BCUT2D eigenvalue weighted by Crippen LogP contribution is -2.25. The van der Waals surface area contributed by atoms with Crippen LogP contribution in [0.5, 0.6) is 0 Å². The average Bonchev–Trinajstić information content (AvgIpc) is 2.87. The van der Waals surface area contributed by atoms with Crippen LogP contribution in [-0.2, 0) is 14.6 Å². The Labute approximate surface area is 108 Å². The molecule has 1 aromatic rings. The van der Waals surface area contributed by atoms with Gasteiger partial charge in [0.2, 0.25) is 9.84 Å². The van der Waals surface area contributed by atoms with Gasteiger partial charge in [0, 0.05) is 12.5 Å². The van der Waals surface area contributed by atoms with Gasteiger partial charge in [0.05, 0.1) is 10.9 Å². The molecule has 1 aromatic carbocycles. The number of carbonyl (C=O) groups excluding carboxylic acids is 1. The van der Waals surface area contributed by atoms with E-state index < -0.39 is 20.5 Å². The molecular weight excluding hydrogens is 278 g/mol. The number of aldehydes is 1. The van der Waals surface area contributed by atoms with Crippen molar-refractivity contribution in [3.8, 4) is 0 Å². The first kappa shape index (κ1) is 14.0. The monoisotopic (exact) mass is 290 g/mol. The van der Waals surface area contributed by atoms with Crippen molar-refractivity contribution >= 4 is 16.1 Å². The molecule has 0 aromatic heterocycles. The van der Waals surface area contributed by atoms with Gasteiger partial charge in [-0.3, -0.25) is 5.43 Å². The maximum Gasteiger partial charge on any atom is 0.341 e. The summed E-state index contributed by atoms with van der Waals surface area (Å²) in [5.41, 5.74) is 6.35. The Morgan fingerprint density at radius 2 is 1.89 bits per heavy atom. The van der Waals surface area contributed by atoms with Gasteiger partial charge in [0.15, 0.2) is 0 Å². The molecule has 2 rings (SSSR count). The number of alkyl halides is 2. The van der Waals surface area contributed by atoms with E-state index in [-0.39, 0.29) is 12.0 Å². The van der Waals surface area contributed by atoms with Gasteiger partial charge in [-0.05, 0) is 17.7 Å². The van der Waals surface area contributed by atoms with Crippen molar-refractivity contribution in [2.75, 3.05) is 6.54 Å². The van der Waals surface area contributed by atoms with Crippen molar-refractivity contribution < 1.29 is 22.0 Å². The van der Waals surface area contributed by atoms with Crippen LogP contribution in [0.2, 0.25) is 0 Å². The molecule has 0 amide bonds. The van der Waals surface area contributed by atoms with Crippen molar-refractivity contribution in [2.45, 2.75) is 16.7 Å². The Hall–Kier alpha value is -1.38. The number of sulfone groups is 1. The molecule has 0 radical (unpaired) electrons. The van der Waals surface area contributed by atoms with Gasteiger partial charge in [-0.1, -0.05) is 12.1 Å². The van der Waals surface area contributed by atoms with Crippen LogP contribution in [0.3, 0.4) is 0 Å². The molecule has 2 atom stereocenters. The molecule has 8 heteroatoms.